The summed E-state index contributed by atoms with van der Waals surface area (Å²) in [5, 5.41) is 4.24. The minimum atomic E-state index is -4.49. The number of alkyl halides is 3. The van der Waals surface area contributed by atoms with Gasteiger partial charge in [0, 0.05) is 6.20 Å². The zero-order valence-corrected chi connectivity index (χ0v) is 13.5. The lowest BCUT2D eigenvalue weighted by Gasteiger charge is -2.13. The molecule has 122 valence electrons. The number of benzene rings is 1. The summed E-state index contributed by atoms with van der Waals surface area (Å²) in [6.45, 7) is 0. The zero-order chi connectivity index (χ0) is 16.6. The number of hydrogen-bond acceptors (Lipinski definition) is 1. The molecule has 0 aliphatic heterocycles. The van der Waals surface area contributed by atoms with Crippen LogP contribution in [0.2, 0.25) is 10.0 Å². The van der Waals surface area contributed by atoms with Crippen molar-refractivity contribution in [2.45, 2.75) is 31.9 Å². The van der Waals surface area contributed by atoms with Crippen molar-refractivity contribution in [2.75, 3.05) is 0 Å². The van der Waals surface area contributed by atoms with Crippen LogP contribution in [0.4, 0.5) is 13.2 Å². The largest absolute Gasteiger partial charge is 0.416 e. The Bertz CT molecular complexity index is 740. The van der Waals surface area contributed by atoms with Crippen LogP contribution in [-0.4, -0.2) is 9.78 Å². The molecule has 23 heavy (non-hydrogen) atoms. The van der Waals surface area contributed by atoms with E-state index in [0.29, 0.717) is 0 Å². The molecule has 1 aromatic heterocycles. The van der Waals surface area contributed by atoms with Crippen LogP contribution < -0.4 is 0 Å². The number of hydrogen-bond donors (Lipinski definition) is 0. The Labute approximate surface area is 141 Å². The van der Waals surface area contributed by atoms with E-state index in [4.69, 9.17) is 23.2 Å². The van der Waals surface area contributed by atoms with Gasteiger partial charge in [-0.2, -0.15) is 18.3 Å². The molecule has 0 radical (unpaired) electrons. The van der Waals surface area contributed by atoms with Crippen LogP contribution in [0.3, 0.4) is 0 Å². The highest BCUT2D eigenvalue weighted by Gasteiger charge is 2.32. The molecule has 0 amide bonds. The summed E-state index contributed by atoms with van der Waals surface area (Å²) in [6.07, 6.45) is 3.56. The molecule has 0 spiro atoms. The van der Waals surface area contributed by atoms with Crippen molar-refractivity contribution in [1.82, 2.24) is 9.78 Å². The predicted molar refractivity (Wildman–Crippen MR) is 85.0 cm³/mol. The third-order valence-electron chi connectivity index (χ3n) is 3.78. The lowest BCUT2D eigenvalue weighted by atomic mass is 9.97. The van der Waals surface area contributed by atoms with Crippen molar-refractivity contribution in [3.05, 3.63) is 51.8 Å². The van der Waals surface area contributed by atoms with E-state index in [2.05, 4.69) is 11.2 Å². The van der Waals surface area contributed by atoms with E-state index in [-0.39, 0.29) is 15.7 Å². The smallest absolute Gasteiger partial charge is 0.237 e. The fourth-order valence-corrected chi connectivity index (χ4v) is 3.30. The fourth-order valence-electron chi connectivity index (χ4n) is 2.64. The van der Waals surface area contributed by atoms with Crippen LogP contribution in [0, 0.1) is 0 Å². The summed E-state index contributed by atoms with van der Waals surface area (Å²) in [5.74, 6) is 0. The molecule has 7 heteroatoms. The molecule has 0 fully saturated rings. The highest BCUT2D eigenvalue weighted by molar-refractivity contribution is 6.37. The molecule has 2 nitrogen and oxygen atoms in total. The molecule has 1 heterocycles. The number of nitrogens with zero attached hydrogens (tertiary/aromatic N) is 2. The molecule has 3 rings (SSSR count). The van der Waals surface area contributed by atoms with Gasteiger partial charge in [0.05, 0.1) is 21.3 Å². The summed E-state index contributed by atoms with van der Waals surface area (Å²) in [7, 11) is 0. The van der Waals surface area contributed by atoms with Gasteiger partial charge in [-0.25, -0.2) is 4.68 Å². The standard InChI is InChI=1S/C16H13Cl2F3N2/c17-12-8-11(16(19,20)21)9-13(18)15(12)23-7-6-14(22-23)10-4-2-1-3-5-10/h4,6-9H,1-3,5H2. The fraction of sp³-hybridized carbons (Fsp3) is 0.312. The second-order valence-electron chi connectivity index (χ2n) is 5.41. The molecule has 1 aliphatic carbocycles. The first-order valence-corrected chi connectivity index (χ1v) is 7.93. The second-order valence-corrected chi connectivity index (χ2v) is 6.22. The molecule has 0 saturated heterocycles. The highest BCUT2D eigenvalue weighted by atomic mass is 35.5. The first-order valence-electron chi connectivity index (χ1n) is 7.18. The minimum absolute atomic E-state index is 0.0860. The molecule has 0 unspecified atom stereocenters. The Morgan fingerprint density at radius 1 is 1.09 bits per heavy atom. The van der Waals surface area contributed by atoms with Gasteiger partial charge in [-0.1, -0.05) is 29.3 Å². The van der Waals surface area contributed by atoms with E-state index in [9.17, 15) is 13.2 Å². The van der Waals surface area contributed by atoms with Crippen molar-refractivity contribution >= 4 is 28.8 Å². The quantitative estimate of drug-likeness (QED) is 0.627. The molecule has 0 bridgehead atoms. The van der Waals surface area contributed by atoms with Gasteiger partial charge in [0.1, 0.15) is 5.69 Å². The Kier molecular flexibility index (Phi) is 4.43. The van der Waals surface area contributed by atoms with Gasteiger partial charge < -0.3 is 0 Å². The number of halogens is 5. The van der Waals surface area contributed by atoms with Gasteiger partial charge >= 0.3 is 6.18 Å². The van der Waals surface area contributed by atoms with Gasteiger partial charge in [0.15, 0.2) is 0 Å². The average molecular weight is 361 g/mol. The number of rotatable bonds is 2. The van der Waals surface area contributed by atoms with Crippen LogP contribution in [0.15, 0.2) is 30.5 Å². The van der Waals surface area contributed by atoms with Crippen LogP contribution in [0.25, 0.3) is 11.3 Å². The SMILES string of the molecule is FC(F)(F)c1cc(Cl)c(-n2ccc(C3=CCCCC3)n2)c(Cl)c1. The maximum absolute atomic E-state index is 12.8. The van der Waals surface area contributed by atoms with Gasteiger partial charge in [-0.15, -0.1) is 0 Å². The van der Waals surface area contributed by atoms with Crippen LogP contribution >= 0.6 is 23.2 Å². The van der Waals surface area contributed by atoms with Crippen molar-refractivity contribution in [3.63, 3.8) is 0 Å². The highest BCUT2D eigenvalue weighted by Crippen LogP contribution is 2.37. The maximum Gasteiger partial charge on any atom is 0.416 e. The summed E-state index contributed by atoms with van der Waals surface area (Å²) >= 11 is 12.0. The Morgan fingerprint density at radius 2 is 1.78 bits per heavy atom. The summed E-state index contributed by atoms with van der Waals surface area (Å²) < 4.78 is 39.8. The maximum atomic E-state index is 12.8. The number of allylic oxidation sites excluding steroid dienone is 2. The summed E-state index contributed by atoms with van der Waals surface area (Å²) in [5.41, 5.74) is 1.33. The summed E-state index contributed by atoms with van der Waals surface area (Å²) in [6, 6.07) is 3.55. The first kappa shape index (κ1) is 16.4. The first-order chi connectivity index (χ1) is 10.9. The lowest BCUT2D eigenvalue weighted by molar-refractivity contribution is -0.137. The molecule has 0 N–H and O–H groups in total. The molecular weight excluding hydrogens is 348 g/mol. The molecule has 1 aliphatic rings. The van der Waals surface area contributed by atoms with Crippen molar-refractivity contribution in [2.24, 2.45) is 0 Å². The van der Waals surface area contributed by atoms with Crippen molar-refractivity contribution in [3.8, 4) is 5.69 Å². The Hall–Kier alpha value is -1.46. The topological polar surface area (TPSA) is 17.8 Å². The molecule has 0 atom stereocenters. The van der Waals surface area contributed by atoms with Crippen molar-refractivity contribution in [1.29, 1.82) is 0 Å². The van der Waals surface area contributed by atoms with Gasteiger partial charge in [-0.05, 0) is 49.5 Å². The molecule has 2 aromatic rings. The zero-order valence-electron chi connectivity index (χ0n) is 12.0. The van der Waals surface area contributed by atoms with Crippen LogP contribution in [0.5, 0.6) is 0 Å². The van der Waals surface area contributed by atoms with Gasteiger partial charge in [0.2, 0.25) is 0 Å². The minimum Gasteiger partial charge on any atom is -0.237 e. The van der Waals surface area contributed by atoms with Crippen LogP contribution in [0.1, 0.15) is 36.9 Å². The van der Waals surface area contributed by atoms with Crippen LogP contribution in [-0.2, 0) is 6.18 Å². The predicted octanol–water partition coefficient (Wildman–Crippen LogP) is 6.16. The monoisotopic (exact) mass is 360 g/mol. The van der Waals surface area contributed by atoms with Crippen molar-refractivity contribution < 1.29 is 13.2 Å². The van der Waals surface area contributed by atoms with E-state index >= 15 is 0 Å². The van der Waals surface area contributed by atoms with E-state index in [1.54, 1.807) is 6.20 Å². The normalized spacial score (nSPS) is 15.6. The molecular formula is C16H13Cl2F3N2. The van der Waals surface area contributed by atoms with E-state index < -0.39 is 11.7 Å². The number of aromatic nitrogens is 2. The third-order valence-corrected chi connectivity index (χ3v) is 4.36. The van der Waals surface area contributed by atoms with E-state index in [1.807, 2.05) is 6.07 Å². The average Bonchev–Trinajstić information content (AvgIpc) is 2.96. The Balaban J connectivity index is 1.99. The lowest BCUT2D eigenvalue weighted by Crippen LogP contribution is -2.07. The van der Waals surface area contributed by atoms with Gasteiger partial charge in [-0.3, -0.25) is 0 Å². The molecule has 1 aromatic carbocycles. The van der Waals surface area contributed by atoms with E-state index in [0.717, 1.165) is 42.7 Å². The second kappa shape index (κ2) is 6.21. The van der Waals surface area contributed by atoms with E-state index in [1.165, 1.54) is 11.1 Å². The molecule has 0 saturated carbocycles. The Morgan fingerprint density at radius 3 is 2.35 bits per heavy atom. The van der Waals surface area contributed by atoms with Gasteiger partial charge in [0.25, 0.3) is 0 Å². The summed E-state index contributed by atoms with van der Waals surface area (Å²) in [4.78, 5) is 0. The third kappa shape index (κ3) is 3.40.